The van der Waals surface area contributed by atoms with Gasteiger partial charge in [0.1, 0.15) is 4.47 Å². The fourth-order valence-electron chi connectivity index (χ4n) is 0.927. The van der Waals surface area contributed by atoms with Crippen molar-refractivity contribution in [1.82, 2.24) is 0 Å². The summed E-state index contributed by atoms with van der Waals surface area (Å²) in [6.07, 6.45) is 0. The Kier molecular flexibility index (Phi) is 4.28. The maximum absolute atomic E-state index is 11.0. The normalized spacial score (nSPS) is 10.1. The summed E-state index contributed by atoms with van der Waals surface area (Å²) in [5.74, 6) is 0. The number of hydrogen-bond acceptors (Lipinski definition) is 3. The molecule has 0 aliphatic heterocycles. The standard InChI is InChI=1S/C7HBr3ClNO3/c8-2-1-3(9)6(12(14)15)5(10)4(2)7(11)13/h1H. The molecule has 0 saturated heterocycles. The van der Waals surface area contributed by atoms with Crippen LogP contribution in [0.25, 0.3) is 0 Å². The number of hydrogen-bond donors (Lipinski definition) is 0. The predicted molar refractivity (Wildman–Crippen MR) is 66.4 cm³/mol. The van der Waals surface area contributed by atoms with Crippen LogP contribution in [0.5, 0.6) is 0 Å². The lowest BCUT2D eigenvalue weighted by Gasteiger charge is -2.05. The maximum Gasteiger partial charge on any atom is 0.298 e. The van der Waals surface area contributed by atoms with Crippen LogP contribution in [0, 0.1) is 10.1 Å². The van der Waals surface area contributed by atoms with Gasteiger partial charge < -0.3 is 0 Å². The number of carbonyl (C=O) groups excluding carboxylic acids is 1. The molecule has 1 rings (SSSR count). The van der Waals surface area contributed by atoms with Gasteiger partial charge in [-0.25, -0.2) is 0 Å². The number of nitro benzene ring substituents is 1. The molecule has 0 aliphatic carbocycles. The van der Waals surface area contributed by atoms with Gasteiger partial charge in [-0.2, -0.15) is 0 Å². The minimum atomic E-state index is -0.774. The smallest absolute Gasteiger partial charge is 0.276 e. The molecule has 1 aromatic rings. The zero-order valence-electron chi connectivity index (χ0n) is 6.76. The molecule has 8 heteroatoms. The Balaban J connectivity index is 3.64. The highest BCUT2D eigenvalue weighted by molar-refractivity contribution is 9.11. The lowest BCUT2D eigenvalue weighted by molar-refractivity contribution is -0.386. The molecule has 0 spiro atoms. The van der Waals surface area contributed by atoms with Crippen molar-refractivity contribution in [2.75, 3.05) is 0 Å². The highest BCUT2D eigenvalue weighted by Crippen LogP contribution is 2.40. The van der Waals surface area contributed by atoms with E-state index >= 15 is 0 Å². The van der Waals surface area contributed by atoms with Crippen LogP contribution in [-0.4, -0.2) is 10.2 Å². The van der Waals surface area contributed by atoms with Crippen molar-refractivity contribution in [3.05, 3.63) is 35.2 Å². The quantitative estimate of drug-likeness (QED) is 0.407. The highest BCUT2D eigenvalue weighted by Gasteiger charge is 2.25. The van der Waals surface area contributed by atoms with Crippen molar-refractivity contribution in [1.29, 1.82) is 0 Å². The Hall–Kier alpha value is 0.0200. The van der Waals surface area contributed by atoms with Gasteiger partial charge in [0.2, 0.25) is 0 Å². The van der Waals surface area contributed by atoms with E-state index in [1.807, 2.05) is 0 Å². The fraction of sp³-hybridized carbons (Fsp3) is 0. The van der Waals surface area contributed by atoms with E-state index in [0.29, 0.717) is 4.47 Å². The summed E-state index contributed by atoms with van der Waals surface area (Å²) in [5.41, 5.74) is -0.200. The Bertz CT molecular complexity index is 425. The van der Waals surface area contributed by atoms with E-state index < -0.39 is 10.2 Å². The average molecular weight is 422 g/mol. The molecule has 0 N–H and O–H groups in total. The Morgan fingerprint density at radius 3 is 2.27 bits per heavy atom. The molecule has 0 bridgehead atoms. The molecule has 0 aliphatic rings. The molecule has 0 amide bonds. The van der Waals surface area contributed by atoms with Crippen molar-refractivity contribution in [2.45, 2.75) is 0 Å². The first-order valence-electron chi connectivity index (χ1n) is 3.38. The molecule has 0 fully saturated rings. The van der Waals surface area contributed by atoms with E-state index in [4.69, 9.17) is 11.6 Å². The van der Waals surface area contributed by atoms with Gasteiger partial charge in [0.15, 0.2) is 0 Å². The SMILES string of the molecule is O=C(Cl)c1c(Br)cc(Br)c([N+](=O)[O-])c1Br. The van der Waals surface area contributed by atoms with Crippen LogP contribution >= 0.6 is 59.4 Å². The van der Waals surface area contributed by atoms with Crippen LogP contribution in [0.15, 0.2) is 19.5 Å². The van der Waals surface area contributed by atoms with Gasteiger partial charge >= 0.3 is 0 Å². The van der Waals surface area contributed by atoms with Crippen LogP contribution in [-0.2, 0) is 0 Å². The molecule has 0 atom stereocenters. The minimum absolute atomic E-state index is 0.0339. The molecule has 0 heterocycles. The lowest BCUT2D eigenvalue weighted by Crippen LogP contribution is -1.99. The van der Waals surface area contributed by atoms with E-state index in [9.17, 15) is 14.9 Å². The Labute approximate surface area is 115 Å². The van der Waals surface area contributed by atoms with E-state index in [1.165, 1.54) is 6.07 Å². The average Bonchev–Trinajstić information content (AvgIpc) is 1.99. The molecule has 80 valence electrons. The largest absolute Gasteiger partial charge is 0.298 e. The molecule has 15 heavy (non-hydrogen) atoms. The number of carbonyl (C=O) groups is 1. The second-order valence-corrected chi connectivity index (χ2v) is 5.25. The predicted octanol–water partition coefficient (Wildman–Crippen LogP) is 4.26. The summed E-state index contributed by atoms with van der Waals surface area (Å²) >= 11 is 14.4. The number of nitrogens with zero attached hydrogens (tertiary/aromatic N) is 1. The summed E-state index contributed by atoms with van der Waals surface area (Å²) < 4.78 is 0.688. The van der Waals surface area contributed by atoms with Crippen LogP contribution in [0.3, 0.4) is 0 Å². The van der Waals surface area contributed by atoms with Gasteiger partial charge in [0, 0.05) is 4.47 Å². The van der Waals surface area contributed by atoms with Gasteiger partial charge in [-0.15, -0.1) is 0 Å². The van der Waals surface area contributed by atoms with Crippen molar-refractivity contribution in [3.8, 4) is 0 Å². The Morgan fingerprint density at radius 2 is 1.87 bits per heavy atom. The zero-order valence-corrected chi connectivity index (χ0v) is 12.3. The molecule has 1 aromatic carbocycles. The number of benzene rings is 1. The third kappa shape index (κ3) is 2.58. The first-order chi connectivity index (χ1) is 6.86. The number of halogens is 4. The second kappa shape index (κ2) is 4.90. The maximum atomic E-state index is 11.0. The monoisotopic (exact) mass is 419 g/mol. The van der Waals surface area contributed by atoms with E-state index in [2.05, 4.69) is 47.8 Å². The van der Waals surface area contributed by atoms with Gasteiger partial charge in [0.25, 0.3) is 10.9 Å². The molecule has 0 saturated carbocycles. The molecule has 4 nitrogen and oxygen atoms in total. The number of nitro groups is 1. The highest BCUT2D eigenvalue weighted by atomic mass is 79.9. The van der Waals surface area contributed by atoms with Gasteiger partial charge in [0.05, 0.1) is 15.0 Å². The van der Waals surface area contributed by atoms with E-state index in [0.717, 1.165) is 0 Å². The minimum Gasteiger partial charge on any atom is -0.276 e. The van der Waals surface area contributed by atoms with Crippen molar-refractivity contribution in [3.63, 3.8) is 0 Å². The van der Waals surface area contributed by atoms with Gasteiger partial charge in [-0.05, 0) is 65.5 Å². The van der Waals surface area contributed by atoms with Gasteiger partial charge in [-0.3, -0.25) is 14.9 Å². The third-order valence-electron chi connectivity index (χ3n) is 1.53. The topological polar surface area (TPSA) is 60.2 Å². The Morgan fingerprint density at radius 1 is 1.33 bits per heavy atom. The van der Waals surface area contributed by atoms with Crippen molar-refractivity contribution >= 4 is 70.3 Å². The molecule has 0 aromatic heterocycles. The van der Waals surface area contributed by atoms with Crippen molar-refractivity contribution < 1.29 is 9.72 Å². The van der Waals surface area contributed by atoms with E-state index in [-0.39, 0.29) is 20.2 Å². The fourth-order valence-corrected chi connectivity index (χ4v) is 4.12. The van der Waals surface area contributed by atoms with Crippen LogP contribution in [0.1, 0.15) is 10.4 Å². The van der Waals surface area contributed by atoms with E-state index in [1.54, 1.807) is 0 Å². The van der Waals surface area contributed by atoms with Crippen LogP contribution in [0.4, 0.5) is 5.69 Å². The molecule has 0 unspecified atom stereocenters. The zero-order chi connectivity index (χ0) is 11.7. The summed E-state index contributed by atoms with van der Waals surface area (Å²) in [4.78, 5) is 21.1. The first-order valence-corrected chi connectivity index (χ1v) is 6.13. The number of rotatable bonds is 2. The van der Waals surface area contributed by atoms with Gasteiger partial charge in [-0.1, -0.05) is 0 Å². The summed E-state index contributed by atoms with van der Waals surface area (Å²) in [5, 5.41) is 9.93. The first kappa shape index (κ1) is 13.1. The summed E-state index contributed by atoms with van der Waals surface area (Å²) in [6.45, 7) is 0. The summed E-state index contributed by atoms with van der Waals surface area (Å²) in [6, 6.07) is 1.40. The second-order valence-electron chi connectivity index (χ2n) is 2.41. The molecule has 0 radical (unpaired) electrons. The molecular weight excluding hydrogens is 421 g/mol. The van der Waals surface area contributed by atoms with Crippen molar-refractivity contribution in [2.24, 2.45) is 0 Å². The summed E-state index contributed by atoms with van der Waals surface area (Å²) in [7, 11) is 0. The molecular formula is C7HBr3ClNO3. The third-order valence-corrected chi connectivity index (χ3v) is 3.72. The lowest BCUT2D eigenvalue weighted by atomic mass is 10.2. The van der Waals surface area contributed by atoms with Crippen LogP contribution in [0.2, 0.25) is 0 Å². The van der Waals surface area contributed by atoms with Crippen LogP contribution < -0.4 is 0 Å².